The number of benzene rings is 1. The molecule has 0 amide bonds. The van der Waals surface area contributed by atoms with E-state index in [2.05, 4.69) is 35.3 Å². The first-order chi connectivity index (χ1) is 12.7. The van der Waals surface area contributed by atoms with Gasteiger partial charge in [0.15, 0.2) is 0 Å². The highest BCUT2D eigenvalue weighted by atomic mass is 19.4. The topological polar surface area (TPSA) is 44.5 Å². The quantitative estimate of drug-likeness (QED) is 0.838. The SMILES string of the molecule is Cc1cc(NC2CC3(CC(N)C3)C2)ccc1N1CCN(CC(F)(F)F)CC1. The molecule has 3 N–H and O–H groups in total. The smallest absolute Gasteiger partial charge is 0.382 e. The van der Waals surface area contributed by atoms with E-state index in [0.717, 1.165) is 11.4 Å². The molecule has 7 heteroatoms. The zero-order valence-electron chi connectivity index (χ0n) is 15.9. The Morgan fingerprint density at radius 3 is 2.33 bits per heavy atom. The molecule has 0 unspecified atom stereocenters. The fraction of sp³-hybridized carbons (Fsp3) is 0.700. The molecular formula is C20H29F3N4. The van der Waals surface area contributed by atoms with Gasteiger partial charge >= 0.3 is 6.18 Å². The van der Waals surface area contributed by atoms with Crippen molar-refractivity contribution in [3.63, 3.8) is 0 Å². The zero-order valence-corrected chi connectivity index (χ0v) is 15.9. The predicted molar refractivity (Wildman–Crippen MR) is 102 cm³/mol. The molecule has 1 heterocycles. The molecule has 4 nitrogen and oxygen atoms in total. The molecule has 27 heavy (non-hydrogen) atoms. The van der Waals surface area contributed by atoms with Crippen LogP contribution in [0.2, 0.25) is 0 Å². The first-order valence-corrected chi connectivity index (χ1v) is 9.88. The average Bonchev–Trinajstić information content (AvgIpc) is 2.51. The minimum Gasteiger partial charge on any atom is -0.382 e. The van der Waals surface area contributed by atoms with Gasteiger partial charge in [-0.15, -0.1) is 0 Å². The summed E-state index contributed by atoms with van der Waals surface area (Å²) in [5.41, 5.74) is 9.87. The lowest BCUT2D eigenvalue weighted by Crippen LogP contribution is -2.57. The molecule has 3 aliphatic rings. The van der Waals surface area contributed by atoms with E-state index >= 15 is 0 Å². The van der Waals surface area contributed by atoms with Crippen LogP contribution in [0.1, 0.15) is 31.2 Å². The molecule has 0 bridgehead atoms. The number of nitrogens with zero attached hydrogens (tertiary/aromatic N) is 2. The maximum Gasteiger partial charge on any atom is 0.401 e. The van der Waals surface area contributed by atoms with E-state index in [1.807, 2.05) is 0 Å². The molecule has 2 saturated carbocycles. The molecule has 0 atom stereocenters. The molecule has 2 aliphatic carbocycles. The second kappa shape index (κ2) is 6.85. The van der Waals surface area contributed by atoms with E-state index in [9.17, 15) is 13.2 Å². The largest absolute Gasteiger partial charge is 0.401 e. The van der Waals surface area contributed by atoms with E-state index in [1.165, 1.54) is 36.1 Å². The van der Waals surface area contributed by atoms with Crippen LogP contribution in [-0.2, 0) is 0 Å². The third-order valence-electron chi connectivity index (χ3n) is 6.43. The van der Waals surface area contributed by atoms with E-state index in [1.54, 1.807) is 0 Å². The number of aryl methyl sites for hydroxylation is 1. The van der Waals surface area contributed by atoms with Gasteiger partial charge in [-0.1, -0.05) is 0 Å². The lowest BCUT2D eigenvalue weighted by atomic mass is 9.52. The van der Waals surface area contributed by atoms with Crippen molar-refractivity contribution in [2.24, 2.45) is 11.1 Å². The number of hydrogen-bond acceptors (Lipinski definition) is 4. The Bertz CT molecular complexity index is 668. The number of halogens is 3. The fourth-order valence-corrected chi connectivity index (χ4v) is 5.21. The first kappa shape index (κ1) is 18.9. The van der Waals surface area contributed by atoms with Crippen LogP contribution < -0.4 is 16.0 Å². The van der Waals surface area contributed by atoms with Crippen molar-refractivity contribution in [1.29, 1.82) is 0 Å². The number of hydrogen-bond donors (Lipinski definition) is 2. The minimum absolute atomic E-state index is 0.407. The lowest BCUT2D eigenvalue weighted by Gasteiger charge is -2.57. The monoisotopic (exact) mass is 382 g/mol. The Morgan fingerprint density at radius 1 is 1.11 bits per heavy atom. The van der Waals surface area contributed by atoms with Gasteiger partial charge in [-0.2, -0.15) is 13.2 Å². The summed E-state index contributed by atoms with van der Waals surface area (Å²) < 4.78 is 37.6. The van der Waals surface area contributed by atoms with Crippen molar-refractivity contribution in [2.75, 3.05) is 42.9 Å². The third kappa shape index (κ3) is 4.19. The second-order valence-corrected chi connectivity index (χ2v) is 8.80. The summed E-state index contributed by atoms with van der Waals surface area (Å²) in [5.74, 6) is 0. The maximum atomic E-state index is 12.5. The molecule has 1 aromatic carbocycles. The van der Waals surface area contributed by atoms with Gasteiger partial charge in [0, 0.05) is 49.6 Å². The van der Waals surface area contributed by atoms with Crippen LogP contribution >= 0.6 is 0 Å². The van der Waals surface area contributed by atoms with Crippen molar-refractivity contribution in [1.82, 2.24) is 4.90 Å². The van der Waals surface area contributed by atoms with Gasteiger partial charge in [-0.25, -0.2) is 0 Å². The van der Waals surface area contributed by atoms with Crippen LogP contribution in [0.4, 0.5) is 24.5 Å². The van der Waals surface area contributed by atoms with E-state index in [4.69, 9.17) is 5.73 Å². The Morgan fingerprint density at radius 2 is 1.78 bits per heavy atom. The van der Waals surface area contributed by atoms with Crippen molar-refractivity contribution in [3.05, 3.63) is 23.8 Å². The highest BCUT2D eigenvalue weighted by molar-refractivity contribution is 5.61. The molecule has 1 aliphatic heterocycles. The van der Waals surface area contributed by atoms with Gasteiger partial charge in [0.25, 0.3) is 0 Å². The minimum atomic E-state index is -4.12. The Hall–Kier alpha value is -1.47. The van der Waals surface area contributed by atoms with Crippen molar-refractivity contribution < 1.29 is 13.2 Å². The highest BCUT2D eigenvalue weighted by Crippen LogP contribution is 2.55. The van der Waals surface area contributed by atoms with Crippen LogP contribution in [0.3, 0.4) is 0 Å². The Balaban J connectivity index is 1.29. The molecule has 4 rings (SSSR count). The summed E-state index contributed by atoms with van der Waals surface area (Å²) in [6.45, 7) is 3.44. The highest BCUT2D eigenvalue weighted by Gasteiger charge is 2.51. The van der Waals surface area contributed by atoms with E-state index < -0.39 is 12.7 Å². The van der Waals surface area contributed by atoms with Crippen LogP contribution in [0.5, 0.6) is 0 Å². The normalized spacial score (nSPS) is 31.5. The van der Waals surface area contributed by atoms with E-state index in [0.29, 0.717) is 43.7 Å². The van der Waals surface area contributed by atoms with Crippen LogP contribution in [-0.4, -0.2) is 55.9 Å². The van der Waals surface area contributed by atoms with Crippen LogP contribution in [0, 0.1) is 12.3 Å². The number of nitrogens with one attached hydrogen (secondary N) is 1. The number of rotatable bonds is 4. The van der Waals surface area contributed by atoms with Gasteiger partial charge in [0.2, 0.25) is 0 Å². The summed E-state index contributed by atoms with van der Waals surface area (Å²) in [6.07, 6.45) is 0.647. The third-order valence-corrected chi connectivity index (χ3v) is 6.43. The Kier molecular flexibility index (Phi) is 4.79. The number of alkyl halides is 3. The summed E-state index contributed by atoms with van der Waals surface area (Å²) in [4.78, 5) is 3.68. The van der Waals surface area contributed by atoms with Crippen molar-refractivity contribution in [2.45, 2.75) is 50.9 Å². The number of anilines is 2. The Labute approximate surface area is 158 Å². The summed E-state index contributed by atoms with van der Waals surface area (Å²) in [6, 6.07) is 7.31. The standard InChI is InChI=1S/C20H29F3N4/c1-14-8-16(25-17-11-19(12-17)9-15(24)10-19)2-3-18(14)27-6-4-26(5-7-27)13-20(21,22)23/h2-3,8,15,17,25H,4-7,9-13,24H2,1H3. The summed E-state index contributed by atoms with van der Waals surface area (Å²) >= 11 is 0. The number of nitrogens with two attached hydrogens (primary N) is 1. The van der Waals surface area contributed by atoms with Crippen molar-refractivity contribution >= 4 is 11.4 Å². The van der Waals surface area contributed by atoms with Gasteiger partial charge < -0.3 is 16.0 Å². The molecule has 150 valence electrons. The molecule has 0 aromatic heterocycles. The predicted octanol–water partition coefficient (Wildman–Crippen LogP) is 3.36. The van der Waals surface area contributed by atoms with Gasteiger partial charge in [0.1, 0.15) is 0 Å². The molecule has 0 radical (unpaired) electrons. The van der Waals surface area contributed by atoms with Gasteiger partial charge in [-0.3, -0.25) is 4.90 Å². The fourth-order valence-electron chi connectivity index (χ4n) is 5.21. The molecule has 1 saturated heterocycles. The second-order valence-electron chi connectivity index (χ2n) is 8.80. The maximum absolute atomic E-state index is 12.5. The average molecular weight is 382 g/mol. The van der Waals surface area contributed by atoms with Gasteiger partial charge in [0.05, 0.1) is 6.54 Å². The van der Waals surface area contributed by atoms with E-state index in [-0.39, 0.29) is 0 Å². The van der Waals surface area contributed by atoms with Gasteiger partial charge in [-0.05, 0) is 61.8 Å². The van der Waals surface area contributed by atoms with Crippen LogP contribution in [0.25, 0.3) is 0 Å². The lowest BCUT2D eigenvalue weighted by molar-refractivity contribution is -0.146. The molecule has 3 fully saturated rings. The molecule has 1 aromatic rings. The number of piperazine rings is 1. The first-order valence-electron chi connectivity index (χ1n) is 9.88. The molecule has 1 spiro atoms. The molecular weight excluding hydrogens is 353 g/mol. The zero-order chi connectivity index (χ0) is 19.2. The summed E-state index contributed by atoms with van der Waals surface area (Å²) in [5, 5.41) is 3.63. The summed E-state index contributed by atoms with van der Waals surface area (Å²) in [7, 11) is 0. The van der Waals surface area contributed by atoms with Crippen molar-refractivity contribution in [3.8, 4) is 0 Å². The van der Waals surface area contributed by atoms with Crippen LogP contribution in [0.15, 0.2) is 18.2 Å².